The molecule has 2 heterocycles. The Morgan fingerprint density at radius 2 is 1.90 bits per heavy atom. The van der Waals surface area contributed by atoms with Crippen molar-refractivity contribution >= 4 is 17.5 Å². The Kier molecular flexibility index (Phi) is 6.23. The number of ether oxygens (including phenoxy) is 2. The summed E-state index contributed by atoms with van der Waals surface area (Å²) in [5.41, 5.74) is 11.3. The van der Waals surface area contributed by atoms with Crippen LogP contribution in [0.4, 0.5) is 0 Å². The van der Waals surface area contributed by atoms with E-state index in [0.717, 1.165) is 53.1 Å². The number of rotatable bonds is 7. The predicted molar refractivity (Wildman–Crippen MR) is 123 cm³/mol. The molecule has 0 atom stereocenters. The number of halogens is 1. The number of hydrogen-bond donors (Lipinski definition) is 1. The van der Waals surface area contributed by atoms with Gasteiger partial charge in [-0.1, -0.05) is 43.1 Å². The zero-order valence-electron chi connectivity index (χ0n) is 17.9. The van der Waals surface area contributed by atoms with Crippen molar-refractivity contribution in [3.63, 3.8) is 0 Å². The standard InChI is InChI=1S/C25H27ClN2O3/c1-3-4-8-20-24(18-9-10-21-22(14-18)31-12-11-30-21)23(25(27)29)16(2)28(20)15-17-6-5-7-19(26)13-17/h5-7,9-10,13-14H,3-4,8,11-12,15H2,1-2H3,(H2,27,29). The first-order valence-electron chi connectivity index (χ1n) is 10.7. The van der Waals surface area contributed by atoms with Crippen LogP contribution in [0.5, 0.6) is 11.5 Å². The highest BCUT2D eigenvalue weighted by atomic mass is 35.5. The largest absolute Gasteiger partial charge is 0.486 e. The van der Waals surface area contributed by atoms with Crippen LogP contribution in [0.3, 0.4) is 0 Å². The van der Waals surface area contributed by atoms with Gasteiger partial charge in [-0.15, -0.1) is 0 Å². The molecule has 0 bridgehead atoms. The number of benzene rings is 2. The lowest BCUT2D eigenvalue weighted by Crippen LogP contribution is -2.15. The van der Waals surface area contributed by atoms with Crippen molar-refractivity contribution in [2.45, 2.75) is 39.7 Å². The van der Waals surface area contributed by atoms with E-state index in [1.165, 1.54) is 0 Å². The summed E-state index contributed by atoms with van der Waals surface area (Å²) in [4.78, 5) is 12.6. The summed E-state index contributed by atoms with van der Waals surface area (Å²) in [6, 6.07) is 13.6. The first-order valence-corrected chi connectivity index (χ1v) is 11.0. The first kappa shape index (κ1) is 21.3. The molecule has 1 aliphatic rings. The summed E-state index contributed by atoms with van der Waals surface area (Å²) in [7, 11) is 0. The SMILES string of the molecule is CCCCc1c(-c2ccc3c(c2)OCCO3)c(C(N)=O)c(C)n1Cc1cccc(Cl)c1. The second-order valence-electron chi connectivity index (χ2n) is 7.82. The maximum Gasteiger partial charge on any atom is 0.251 e. The third kappa shape index (κ3) is 4.28. The zero-order chi connectivity index (χ0) is 22.0. The molecule has 0 spiro atoms. The number of aromatic nitrogens is 1. The molecule has 31 heavy (non-hydrogen) atoms. The van der Waals surface area contributed by atoms with Gasteiger partial charge in [0.1, 0.15) is 13.2 Å². The Labute approximate surface area is 187 Å². The van der Waals surface area contributed by atoms with Gasteiger partial charge in [0.05, 0.1) is 5.56 Å². The van der Waals surface area contributed by atoms with Gasteiger partial charge in [-0.2, -0.15) is 0 Å². The average molecular weight is 439 g/mol. The second-order valence-corrected chi connectivity index (χ2v) is 8.26. The quantitative estimate of drug-likeness (QED) is 0.538. The van der Waals surface area contributed by atoms with Crippen molar-refractivity contribution in [2.24, 2.45) is 5.73 Å². The van der Waals surface area contributed by atoms with Crippen LogP contribution in [-0.4, -0.2) is 23.7 Å². The molecule has 3 aromatic rings. The van der Waals surface area contributed by atoms with Crippen LogP contribution in [-0.2, 0) is 13.0 Å². The maximum atomic E-state index is 12.6. The lowest BCUT2D eigenvalue weighted by atomic mass is 9.97. The molecule has 6 heteroatoms. The number of carbonyl (C=O) groups is 1. The molecule has 0 fully saturated rings. The number of amides is 1. The van der Waals surface area contributed by atoms with Crippen LogP contribution in [0, 0.1) is 6.92 Å². The van der Waals surface area contributed by atoms with Gasteiger partial charge in [0.15, 0.2) is 11.5 Å². The maximum absolute atomic E-state index is 12.6. The van der Waals surface area contributed by atoms with E-state index < -0.39 is 5.91 Å². The summed E-state index contributed by atoms with van der Waals surface area (Å²) in [6.07, 6.45) is 2.90. The van der Waals surface area contributed by atoms with Crippen LogP contribution < -0.4 is 15.2 Å². The van der Waals surface area contributed by atoms with E-state index >= 15 is 0 Å². The molecule has 0 radical (unpaired) electrons. The minimum Gasteiger partial charge on any atom is -0.486 e. The van der Waals surface area contributed by atoms with Gasteiger partial charge in [-0.3, -0.25) is 4.79 Å². The minimum atomic E-state index is -0.426. The molecular weight excluding hydrogens is 412 g/mol. The molecule has 2 aromatic carbocycles. The van der Waals surface area contributed by atoms with Crippen LogP contribution in [0.15, 0.2) is 42.5 Å². The van der Waals surface area contributed by atoms with Crippen molar-refractivity contribution in [1.29, 1.82) is 0 Å². The van der Waals surface area contributed by atoms with Crippen LogP contribution in [0.2, 0.25) is 5.02 Å². The van der Waals surface area contributed by atoms with E-state index in [2.05, 4.69) is 11.5 Å². The molecule has 0 saturated heterocycles. The molecule has 1 aliphatic heterocycles. The Morgan fingerprint density at radius 3 is 2.61 bits per heavy atom. The Morgan fingerprint density at radius 1 is 1.13 bits per heavy atom. The highest BCUT2D eigenvalue weighted by molar-refractivity contribution is 6.30. The molecule has 1 aromatic heterocycles. The number of carbonyl (C=O) groups excluding carboxylic acids is 1. The molecule has 0 aliphatic carbocycles. The van der Waals surface area contributed by atoms with Crippen molar-refractivity contribution in [2.75, 3.05) is 13.2 Å². The van der Waals surface area contributed by atoms with E-state index in [0.29, 0.717) is 36.1 Å². The Bertz CT molecular complexity index is 1120. The molecule has 2 N–H and O–H groups in total. The topological polar surface area (TPSA) is 66.5 Å². The summed E-state index contributed by atoms with van der Waals surface area (Å²) < 4.78 is 13.7. The van der Waals surface area contributed by atoms with Gasteiger partial charge < -0.3 is 19.8 Å². The molecule has 0 saturated carbocycles. The van der Waals surface area contributed by atoms with Crippen LogP contribution in [0.1, 0.15) is 47.1 Å². The number of nitrogens with two attached hydrogens (primary N) is 1. The van der Waals surface area contributed by atoms with E-state index in [4.69, 9.17) is 26.8 Å². The van der Waals surface area contributed by atoms with Gasteiger partial charge in [0.25, 0.3) is 5.91 Å². The van der Waals surface area contributed by atoms with Crippen molar-refractivity contribution in [1.82, 2.24) is 4.57 Å². The van der Waals surface area contributed by atoms with Gasteiger partial charge in [-0.25, -0.2) is 0 Å². The second kappa shape index (κ2) is 9.06. The molecule has 4 rings (SSSR count). The number of hydrogen-bond acceptors (Lipinski definition) is 3. The van der Waals surface area contributed by atoms with Crippen molar-refractivity contribution in [3.8, 4) is 22.6 Å². The lowest BCUT2D eigenvalue weighted by molar-refractivity contribution is 0.1000. The fourth-order valence-electron chi connectivity index (χ4n) is 4.24. The van der Waals surface area contributed by atoms with Gasteiger partial charge in [0.2, 0.25) is 0 Å². The molecule has 1 amide bonds. The molecule has 5 nitrogen and oxygen atoms in total. The van der Waals surface area contributed by atoms with Gasteiger partial charge >= 0.3 is 0 Å². The molecule has 162 valence electrons. The third-order valence-electron chi connectivity index (χ3n) is 5.71. The van der Waals surface area contributed by atoms with Gasteiger partial charge in [0, 0.05) is 28.5 Å². The Hall–Kier alpha value is -2.92. The number of primary amides is 1. The third-order valence-corrected chi connectivity index (χ3v) is 5.94. The van der Waals surface area contributed by atoms with Gasteiger partial charge in [-0.05, 0) is 55.2 Å². The normalized spacial score (nSPS) is 12.7. The highest BCUT2D eigenvalue weighted by Crippen LogP contribution is 2.39. The monoisotopic (exact) mass is 438 g/mol. The smallest absolute Gasteiger partial charge is 0.251 e. The number of nitrogens with zero attached hydrogens (tertiary/aromatic N) is 1. The fraction of sp³-hybridized carbons (Fsp3) is 0.320. The van der Waals surface area contributed by atoms with E-state index in [1.54, 1.807) is 0 Å². The minimum absolute atomic E-state index is 0.426. The van der Waals surface area contributed by atoms with Crippen LogP contribution >= 0.6 is 11.6 Å². The van der Waals surface area contributed by atoms with Crippen molar-refractivity contribution < 1.29 is 14.3 Å². The van der Waals surface area contributed by atoms with Crippen LogP contribution in [0.25, 0.3) is 11.1 Å². The fourth-order valence-corrected chi connectivity index (χ4v) is 4.46. The summed E-state index contributed by atoms with van der Waals surface area (Å²) in [6.45, 7) is 5.79. The Balaban J connectivity index is 1.89. The summed E-state index contributed by atoms with van der Waals surface area (Å²) in [5.74, 6) is 0.992. The molecule has 0 unspecified atom stereocenters. The average Bonchev–Trinajstić information content (AvgIpc) is 3.03. The number of fused-ring (bicyclic) bond motifs is 1. The van der Waals surface area contributed by atoms with E-state index in [9.17, 15) is 4.79 Å². The summed E-state index contributed by atoms with van der Waals surface area (Å²) >= 11 is 6.22. The van der Waals surface area contributed by atoms with Crippen molar-refractivity contribution in [3.05, 3.63) is 70.0 Å². The lowest BCUT2D eigenvalue weighted by Gasteiger charge is -2.19. The van der Waals surface area contributed by atoms with E-state index in [-0.39, 0.29) is 0 Å². The van der Waals surface area contributed by atoms with E-state index in [1.807, 2.05) is 49.4 Å². The summed E-state index contributed by atoms with van der Waals surface area (Å²) in [5, 5.41) is 0.694. The first-order chi connectivity index (χ1) is 15.0. The highest BCUT2D eigenvalue weighted by Gasteiger charge is 2.26. The number of unbranched alkanes of at least 4 members (excludes halogenated alkanes) is 1. The predicted octanol–water partition coefficient (Wildman–Crippen LogP) is 5.38. The zero-order valence-corrected chi connectivity index (χ0v) is 18.7. The molecular formula is C25H27ClN2O3.